The smallest absolute Gasteiger partial charge is 0.220 e. The fourth-order valence-electron chi connectivity index (χ4n) is 2.70. The van der Waals surface area contributed by atoms with E-state index in [0.717, 1.165) is 23.3 Å². The molecule has 0 radical (unpaired) electrons. The van der Waals surface area contributed by atoms with E-state index in [2.05, 4.69) is 52.7 Å². The number of hydrogen-bond acceptors (Lipinski definition) is 4. The monoisotopic (exact) mass is 354 g/mol. The van der Waals surface area contributed by atoms with E-state index in [-0.39, 0.29) is 11.9 Å². The molecule has 0 unspecified atom stereocenters. The molecular weight excluding hydrogens is 332 g/mol. The summed E-state index contributed by atoms with van der Waals surface area (Å²) < 4.78 is 1.74. The van der Waals surface area contributed by atoms with Gasteiger partial charge in [0.15, 0.2) is 0 Å². The van der Waals surface area contributed by atoms with Gasteiger partial charge in [0, 0.05) is 17.8 Å². The van der Waals surface area contributed by atoms with Crippen LogP contribution in [0.5, 0.6) is 0 Å². The van der Waals surface area contributed by atoms with Crippen molar-refractivity contribution in [3.8, 4) is 0 Å². The molecule has 2 aromatic heterocycles. The van der Waals surface area contributed by atoms with Gasteiger partial charge in [0.1, 0.15) is 12.7 Å². The summed E-state index contributed by atoms with van der Waals surface area (Å²) in [5, 5.41) is 9.27. The summed E-state index contributed by atoms with van der Waals surface area (Å²) in [7, 11) is 0. The summed E-state index contributed by atoms with van der Waals surface area (Å²) in [5.41, 5.74) is 2.41. The van der Waals surface area contributed by atoms with Gasteiger partial charge in [0.25, 0.3) is 0 Å². The summed E-state index contributed by atoms with van der Waals surface area (Å²) in [6.45, 7) is 2.84. The van der Waals surface area contributed by atoms with Gasteiger partial charge in [-0.1, -0.05) is 37.3 Å². The zero-order valence-corrected chi connectivity index (χ0v) is 15.1. The maximum atomic E-state index is 12.4. The van der Waals surface area contributed by atoms with Gasteiger partial charge in [-0.25, -0.2) is 4.98 Å². The van der Waals surface area contributed by atoms with Gasteiger partial charge >= 0.3 is 0 Å². The molecule has 0 aliphatic carbocycles. The fourth-order valence-corrected chi connectivity index (χ4v) is 3.51. The third-order valence-corrected chi connectivity index (χ3v) is 5.05. The van der Waals surface area contributed by atoms with Crippen molar-refractivity contribution >= 4 is 17.2 Å². The third kappa shape index (κ3) is 4.76. The van der Waals surface area contributed by atoms with Gasteiger partial charge in [-0.15, -0.1) is 11.3 Å². The van der Waals surface area contributed by atoms with Gasteiger partial charge in [-0.05, 0) is 35.4 Å². The van der Waals surface area contributed by atoms with Crippen LogP contribution in [0.1, 0.15) is 41.8 Å². The Balaban J connectivity index is 1.64. The Morgan fingerprint density at radius 2 is 2.12 bits per heavy atom. The van der Waals surface area contributed by atoms with E-state index in [1.165, 1.54) is 11.9 Å². The van der Waals surface area contributed by atoms with Crippen LogP contribution in [0.4, 0.5) is 0 Å². The van der Waals surface area contributed by atoms with Crippen LogP contribution < -0.4 is 5.32 Å². The van der Waals surface area contributed by atoms with Crippen molar-refractivity contribution in [1.29, 1.82) is 0 Å². The van der Waals surface area contributed by atoms with Crippen LogP contribution >= 0.6 is 11.3 Å². The molecule has 0 bridgehead atoms. The summed E-state index contributed by atoms with van der Waals surface area (Å²) in [6, 6.07) is 12.5. The number of benzene rings is 1. The lowest BCUT2D eigenvalue weighted by Gasteiger charge is -2.18. The molecular formula is C19H22N4OS. The molecule has 1 aromatic carbocycles. The molecule has 1 amide bonds. The minimum atomic E-state index is -0.0928. The molecule has 0 spiro atoms. The Hall–Kier alpha value is -2.47. The van der Waals surface area contributed by atoms with Crippen molar-refractivity contribution in [1.82, 2.24) is 20.1 Å². The van der Waals surface area contributed by atoms with Crippen molar-refractivity contribution in [2.24, 2.45) is 0 Å². The highest BCUT2D eigenvalue weighted by atomic mass is 32.1. The van der Waals surface area contributed by atoms with Crippen LogP contribution in [0.15, 0.2) is 54.4 Å². The Bertz CT molecular complexity index is 766. The molecule has 130 valence electrons. The predicted molar refractivity (Wildman–Crippen MR) is 99.4 cm³/mol. The Morgan fingerprint density at radius 3 is 2.76 bits per heavy atom. The second kappa shape index (κ2) is 8.58. The highest BCUT2D eigenvalue weighted by Crippen LogP contribution is 2.26. The second-order valence-electron chi connectivity index (χ2n) is 5.87. The van der Waals surface area contributed by atoms with E-state index in [4.69, 9.17) is 0 Å². The largest absolute Gasteiger partial charge is 0.344 e. The molecule has 1 N–H and O–H groups in total. The molecule has 25 heavy (non-hydrogen) atoms. The van der Waals surface area contributed by atoms with Crippen molar-refractivity contribution in [2.45, 2.75) is 38.8 Å². The van der Waals surface area contributed by atoms with E-state index in [9.17, 15) is 4.79 Å². The number of thiophene rings is 1. The minimum Gasteiger partial charge on any atom is -0.344 e. The molecule has 5 nitrogen and oxygen atoms in total. The van der Waals surface area contributed by atoms with E-state index >= 15 is 0 Å². The minimum absolute atomic E-state index is 0.0538. The number of rotatable bonds is 8. The van der Waals surface area contributed by atoms with E-state index < -0.39 is 0 Å². The standard InChI is InChI=1S/C19H22N4OS/c1-2-15-7-9-16(10-8-15)19(17-5-4-12-25-17)22-18(24)6-3-11-23-14-20-13-21-23/h4-5,7-10,12-14,19H,2-3,6,11H2,1H3,(H,22,24)/t19-/m0/s1. The lowest BCUT2D eigenvalue weighted by atomic mass is 10.0. The SMILES string of the molecule is CCc1ccc([C@H](NC(=O)CCCn2cncn2)c2cccs2)cc1. The van der Waals surface area contributed by atoms with Crippen molar-refractivity contribution < 1.29 is 4.79 Å². The molecule has 3 rings (SSSR count). The first-order valence-corrected chi connectivity index (χ1v) is 9.38. The number of aryl methyl sites for hydroxylation is 2. The van der Waals surface area contributed by atoms with Crippen molar-refractivity contribution in [3.05, 3.63) is 70.4 Å². The van der Waals surface area contributed by atoms with E-state index in [1.807, 2.05) is 11.4 Å². The quantitative estimate of drug-likeness (QED) is 0.672. The first-order valence-electron chi connectivity index (χ1n) is 8.50. The number of amides is 1. The first kappa shape index (κ1) is 17.4. The molecule has 0 aliphatic heterocycles. The van der Waals surface area contributed by atoms with E-state index in [1.54, 1.807) is 22.3 Å². The average Bonchev–Trinajstić information content (AvgIpc) is 3.34. The number of nitrogens with one attached hydrogen (secondary N) is 1. The van der Waals surface area contributed by atoms with Crippen LogP contribution in [0.25, 0.3) is 0 Å². The number of carbonyl (C=O) groups excluding carboxylic acids is 1. The topological polar surface area (TPSA) is 59.8 Å². The first-order chi connectivity index (χ1) is 12.3. The summed E-state index contributed by atoms with van der Waals surface area (Å²) in [5.74, 6) is 0.0538. The molecule has 2 heterocycles. The van der Waals surface area contributed by atoms with Crippen molar-refractivity contribution in [3.63, 3.8) is 0 Å². The second-order valence-corrected chi connectivity index (χ2v) is 6.85. The van der Waals surface area contributed by atoms with Crippen LogP contribution in [-0.4, -0.2) is 20.7 Å². The van der Waals surface area contributed by atoms with Crippen LogP contribution in [-0.2, 0) is 17.8 Å². The number of carbonyl (C=O) groups is 1. The molecule has 6 heteroatoms. The lowest BCUT2D eigenvalue weighted by Crippen LogP contribution is -2.28. The summed E-state index contributed by atoms with van der Waals surface area (Å²) in [4.78, 5) is 17.5. The third-order valence-electron chi connectivity index (χ3n) is 4.11. The zero-order valence-electron chi connectivity index (χ0n) is 14.3. The molecule has 0 saturated heterocycles. The molecule has 0 fully saturated rings. The molecule has 1 atom stereocenters. The maximum Gasteiger partial charge on any atom is 0.220 e. The fraction of sp³-hybridized carbons (Fsp3) is 0.316. The highest BCUT2D eigenvalue weighted by molar-refractivity contribution is 7.10. The Kier molecular flexibility index (Phi) is 5.95. The van der Waals surface area contributed by atoms with Gasteiger partial charge in [0.2, 0.25) is 5.91 Å². The van der Waals surface area contributed by atoms with Crippen LogP contribution in [0.3, 0.4) is 0 Å². The van der Waals surface area contributed by atoms with Crippen molar-refractivity contribution in [2.75, 3.05) is 0 Å². The number of hydrogen-bond donors (Lipinski definition) is 1. The Labute approximate surface area is 151 Å². The normalized spacial score (nSPS) is 12.0. The molecule has 0 saturated carbocycles. The maximum absolute atomic E-state index is 12.4. The Morgan fingerprint density at radius 1 is 1.28 bits per heavy atom. The van der Waals surface area contributed by atoms with Crippen LogP contribution in [0.2, 0.25) is 0 Å². The van der Waals surface area contributed by atoms with Gasteiger partial charge in [0.05, 0.1) is 6.04 Å². The average molecular weight is 354 g/mol. The number of aromatic nitrogens is 3. The summed E-state index contributed by atoms with van der Waals surface area (Å²) in [6.07, 6.45) is 5.39. The zero-order chi connectivity index (χ0) is 17.5. The molecule has 3 aromatic rings. The predicted octanol–water partition coefficient (Wildman–Crippen LogP) is 3.59. The van der Waals surface area contributed by atoms with E-state index in [0.29, 0.717) is 13.0 Å². The number of nitrogens with zero attached hydrogens (tertiary/aromatic N) is 3. The highest BCUT2D eigenvalue weighted by Gasteiger charge is 2.17. The van der Waals surface area contributed by atoms with Crippen LogP contribution in [0, 0.1) is 0 Å². The summed E-state index contributed by atoms with van der Waals surface area (Å²) >= 11 is 1.66. The van der Waals surface area contributed by atoms with Gasteiger partial charge in [-0.2, -0.15) is 5.10 Å². The van der Waals surface area contributed by atoms with Gasteiger partial charge < -0.3 is 5.32 Å². The van der Waals surface area contributed by atoms with Gasteiger partial charge in [-0.3, -0.25) is 9.48 Å². The lowest BCUT2D eigenvalue weighted by molar-refractivity contribution is -0.121. The molecule has 0 aliphatic rings.